The normalized spacial score (nSPS) is 11.4. The summed E-state index contributed by atoms with van der Waals surface area (Å²) in [6.07, 6.45) is 0.181. The van der Waals surface area contributed by atoms with Crippen LogP contribution in [0.1, 0.15) is 5.56 Å². The second-order valence-electron chi connectivity index (χ2n) is 15.5. The quantitative estimate of drug-likeness (QED) is 0.143. The van der Waals surface area contributed by atoms with E-state index in [9.17, 15) is 0 Å². The Hall–Kier alpha value is -8.15. The number of hydrazine groups is 1. The predicted octanol–water partition coefficient (Wildman–Crippen LogP) is 14.3. The largest absolute Gasteiger partial charge is 0.353 e. The highest BCUT2D eigenvalue weighted by Crippen LogP contribution is 2.46. The third-order valence-corrected chi connectivity index (χ3v) is 11.7. The van der Waals surface area contributed by atoms with Gasteiger partial charge in [0.1, 0.15) is 0 Å². The Labute approximate surface area is 353 Å². The van der Waals surface area contributed by atoms with Crippen LogP contribution in [0.25, 0.3) is 77.0 Å². The number of H-pyrrole nitrogens is 2. The van der Waals surface area contributed by atoms with Crippen molar-refractivity contribution in [1.29, 1.82) is 0 Å². The Bertz CT molecular complexity index is 3180. The number of rotatable bonds is 9. The molecule has 0 atom stereocenters. The maximum atomic E-state index is 15.6. The minimum Gasteiger partial charge on any atom is -0.353 e. The Kier molecular flexibility index (Phi) is 8.98. The number of hydrogen-bond donors (Lipinski definition) is 2. The molecule has 0 radical (unpaired) electrons. The van der Waals surface area contributed by atoms with Crippen molar-refractivity contribution in [3.05, 3.63) is 224 Å². The molecule has 290 valence electrons. The Morgan fingerprint density at radius 2 is 0.770 bits per heavy atom. The fourth-order valence-corrected chi connectivity index (χ4v) is 8.78. The molecule has 0 fully saturated rings. The van der Waals surface area contributed by atoms with Gasteiger partial charge in [-0.3, -0.25) is 4.79 Å². The molecule has 2 aromatic heterocycles. The van der Waals surface area contributed by atoms with E-state index >= 15 is 4.79 Å². The molecule has 61 heavy (non-hydrogen) atoms. The molecule has 0 aliphatic rings. The molecule has 9 aromatic carbocycles. The van der Waals surface area contributed by atoms with E-state index in [1.807, 2.05) is 53.5 Å². The first-order valence-electron chi connectivity index (χ1n) is 20.7. The van der Waals surface area contributed by atoms with Crippen molar-refractivity contribution in [3.63, 3.8) is 0 Å². The lowest BCUT2D eigenvalue weighted by Gasteiger charge is -2.38. The van der Waals surface area contributed by atoms with Crippen LogP contribution in [-0.4, -0.2) is 15.9 Å². The lowest BCUT2D eigenvalue weighted by molar-refractivity contribution is -0.118. The smallest absolute Gasteiger partial charge is 0.250 e. The molecule has 2 heterocycles. The van der Waals surface area contributed by atoms with Gasteiger partial charge in [0.25, 0.3) is 5.91 Å². The summed E-state index contributed by atoms with van der Waals surface area (Å²) in [5.74, 6) is -0.0811. The molecule has 0 spiro atoms. The van der Waals surface area contributed by atoms with Crippen molar-refractivity contribution in [3.8, 4) is 33.4 Å². The number of nitrogens with zero attached hydrogens (tertiary/aromatic N) is 2. The minimum atomic E-state index is -0.0811. The maximum Gasteiger partial charge on any atom is 0.250 e. The van der Waals surface area contributed by atoms with Gasteiger partial charge >= 0.3 is 0 Å². The first-order valence-corrected chi connectivity index (χ1v) is 20.7. The highest BCUT2D eigenvalue weighted by Gasteiger charge is 2.31. The molecule has 0 saturated heterocycles. The number of para-hydroxylation sites is 2. The molecule has 1 amide bonds. The second-order valence-corrected chi connectivity index (χ2v) is 15.5. The number of carbonyl (C=O) groups excluding carboxylic acids is 1. The molecule has 0 bridgehead atoms. The maximum absolute atomic E-state index is 15.6. The molecule has 11 aromatic rings. The molecule has 2 N–H and O–H groups in total. The molecule has 5 heteroatoms. The molecule has 11 rings (SSSR count). The first-order chi connectivity index (χ1) is 30.2. The first kappa shape index (κ1) is 36.0. The van der Waals surface area contributed by atoms with Gasteiger partial charge in [0, 0.05) is 32.6 Å². The summed E-state index contributed by atoms with van der Waals surface area (Å²) in [5, 5.41) is 8.42. The van der Waals surface area contributed by atoms with E-state index < -0.39 is 0 Å². The molecule has 0 unspecified atom stereocenters. The van der Waals surface area contributed by atoms with Crippen molar-refractivity contribution in [2.45, 2.75) is 6.42 Å². The van der Waals surface area contributed by atoms with E-state index in [4.69, 9.17) is 0 Å². The van der Waals surface area contributed by atoms with Crippen LogP contribution in [0.3, 0.4) is 0 Å². The topological polar surface area (TPSA) is 55.1 Å². The standard InChI is InChI=1S/C56H40N4O/c61-54(33-38-17-5-1-6-18-38)59(45-31-29-42(30-32-45)39-19-7-2-8-20-39)60(52-36-43(40-21-9-3-10-22-40)34-48-46-25-13-15-27-50(46)57-55(48)52)53-37-44(41-23-11-4-12-24-41)35-49-47-26-14-16-28-51(47)58-56(49)53/h1-32,34-37,57-58H,33H2. The van der Waals surface area contributed by atoms with Crippen LogP contribution >= 0.6 is 0 Å². The van der Waals surface area contributed by atoms with E-state index in [1.165, 1.54) is 0 Å². The number of hydrogen-bond acceptors (Lipinski definition) is 2. The summed E-state index contributed by atoms with van der Waals surface area (Å²) in [6, 6.07) is 75.7. The molecular weight excluding hydrogens is 745 g/mol. The number of nitrogens with one attached hydrogen (secondary N) is 2. The molecular formula is C56H40N4O. The fraction of sp³-hybridized carbons (Fsp3) is 0.0179. The second kappa shape index (κ2) is 15.2. The zero-order valence-corrected chi connectivity index (χ0v) is 33.3. The van der Waals surface area contributed by atoms with Crippen molar-refractivity contribution < 1.29 is 4.79 Å². The monoisotopic (exact) mass is 784 g/mol. The van der Waals surface area contributed by atoms with Gasteiger partial charge in [-0.2, -0.15) is 0 Å². The number of aromatic amines is 2. The van der Waals surface area contributed by atoms with Crippen molar-refractivity contribution in [2.24, 2.45) is 0 Å². The molecule has 0 aliphatic heterocycles. The van der Waals surface area contributed by atoms with Crippen molar-refractivity contribution in [1.82, 2.24) is 9.97 Å². The molecule has 0 aliphatic carbocycles. The van der Waals surface area contributed by atoms with Gasteiger partial charge in [-0.05, 0) is 87.5 Å². The van der Waals surface area contributed by atoms with Gasteiger partial charge < -0.3 is 9.97 Å². The Balaban J connectivity index is 1.26. The van der Waals surface area contributed by atoms with E-state index in [1.54, 1.807) is 0 Å². The number of carbonyl (C=O) groups is 1. The summed E-state index contributed by atoms with van der Waals surface area (Å²) in [6.45, 7) is 0. The highest BCUT2D eigenvalue weighted by molar-refractivity contribution is 6.18. The summed E-state index contributed by atoms with van der Waals surface area (Å²) < 4.78 is 0. The van der Waals surface area contributed by atoms with Crippen molar-refractivity contribution >= 4 is 66.6 Å². The van der Waals surface area contributed by atoms with E-state index in [2.05, 4.69) is 185 Å². The third kappa shape index (κ3) is 6.59. The summed E-state index contributed by atoms with van der Waals surface area (Å²) in [5.41, 5.74) is 13.7. The zero-order valence-electron chi connectivity index (χ0n) is 33.3. The average Bonchev–Trinajstić information content (AvgIpc) is 3.90. The number of benzene rings is 9. The molecule has 0 saturated carbocycles. The number of fused-ring (bicyclic) bond motifs is 6. The van der Waals surface area contributed by atoms with Crippen LogP contribution < -0.4 is 10.0 Å². The van der Waals surface area contributed by atoms with Gasteiger partial charge in [-0.25, -0.2) is 10.0 Å². The van der Waals surface area contributed by atoms with E-state index in [0.717, 1.165) is 99.6 Å². The van der Waals surface area contributed by atoms with Crippen molar-refractivity contribution in [2.75, 3.05) is 10.0 Å². The number of aromatic nitrogens is 2. The number of anilines is 3. The van der Waals surface area contributed by atoms with Gasteiger partial charge in [-0.1, -0.05) is 170 Å². The number of amides is 1. The summed E-state index contributed by atoms with van der Waals surface area (Å²) in [7, 11) is 0. The molecule has 5 nitrogen and oxygen atoms in total. The van der Waals surface area contributed by atoms with Crippen LogP contribution in [0.4, 0.5) is 17.1 Å². The lowest BCUT2D eigenvalue weighted by Crippen LogP contribution is -2.45. The van der Waals surface area contributed by atoms with E-state index in [-0.39, 0.29) is 12.3 Å². The van der Waals surface area contributed by atoms with Crippen LogP contribution in [0.15, 0.2) is 218 Å². The van der Waals surface area contributed by atoms with Gasteiger partial charge in [0.05, 0.1) is 34.5 Å². The summed E-state index contributed by atoms with van der Waals surface area (Å²) >= 11 is 0. The van der Waals surface area contributed by atoms with Gasteiger partial charge in [0.15, 0.2) is 0 Å². The fourth-order valence-electron chi connectivity index (χ4n) is 8.78. The third-order valence-electron chi connectivity index (χ3n) is 11.7. The highest BCUT2D eigenvalue weighted by atomic mass is 16.2. The zero-order chi connectivity index (χ0) is 40.7. The van der Waals surface area contributed by atoms with Gasteiger partial charge in [-0.15, -0.1) is 0 Å². The lowest BCUT2D eigenvalue weighted by atomic mass is 9.99. The predicted molar refractivity (Wildman–Crippen MR) is 254 cm³/mol. The average molecular weight is 785 g/mol. The SMILES string of the molecule is O=C(Cc1ccccc1)N(c1ccc(-c2ccccc2)cc1)N(c1cc(-c2ccccc2)cc2c1[nH]c1ccccc12)c1cc(-c2ccccc2)cc2c1[nH]c1ccccc12. The van der Waals surface area contributed by atoms with Crippen LogP contribution in [-0.2, 0) is 11.2 Å². The summed E-state index contributed by atoms with van der Waals surface area (Å²) in [4.78, 5) is 23.3. The van der Waals surface area contributed by atoms with E-state index in [0.29, 0.717) is 0 Å². The van der Waals surface area contributed by atoms with Crippen LogP contribution in [0.5, 0.6) is 0 Å². The van der Waals surface area contributed by atoms with Crippen LogP contribution in [0, 0.1) is 0 Å². The Morgan fingerprint density at radius 3 is 1.25 bits per heavy atom. The van der Waals surface area contributed by atoms with Gasteiger partial charge in [0.2, 0.25) is 0 Å². The Morgan fingerprint density at radius 1 is 0.377 bits per heavy atom. The van der Waals surface area contributed by atoms with Crippen LogP contribution in [0.2, 0.25) is 0 Å². The minimum absolute atomic E-state index is 0.0811.